The van der Waals surface area contributed by atoms with Crippen LogP contribution in [0.1, 0.15) is 9.67 Å². The number of hydrogen-bond donors (Lipinski definition) is 1. The Balaban J connectivity index is 0.00000104. The van der Waals surface area contributed by atoms with Crippen LogP contribution >= 0.6 is 36.2 Å². The number of nitrogens with one attached hydrogen (secondary N) is 1. The van der Waals surface area contributed by atoms with Crippen LogP contribution in [-0.4, -0.2) is 42.0 Å². The summed E-state index contributed by atoms with van der Waals surface area (Å²) in [7, 11) is 0. The van der Waals surface area contributed by atoms with E-state index < -0.39 is 0 Å². The lowest BCUT2D eigenvalue weighted by Crippen LogP contribution is -2.31. The fourth-order valence-corrected chi connectivity index (χ4v) is 4.22. The first-order chi connectivity index (χ1) is 10.7. The van der Waals surface area contributed by atoms with Gasteiger partial charge in [0.1, 0.15) is 15.7 Å². The molecule has 0 aliphatic carbocycles. The van der Waals surface area contributed by atoms with E-state index in [-0.39, 0.29) is 36.5 Å². The van der Waals surface area contributed by atoms with E-state index in [1.807, 2.05) is 4.90 Å². The van der Waals surface area contributed by atoms with Crippen molar-refractivity contribution in [3.63, 3.8) is 0 Å². The molecule has 4 nitrogen and oxygen atoms in total. The monoisotopic (exact) mass is 389 g/mol. The van der Waals surface area contributed by atoms with Crippen LogP contribution in [0.15, 0.2) is 30.5 Å². The number of carbonyl (C=O) groups is 1. The summed E-state index contributed by atoms with van der Waals surface area (Å²) in [5, 5.41) is 3.92. The lowest BCUT2D eigenvalue weighted by molar-refractivity contribution is 0.0786. The summed E-state index contributed by atoms with van der Waals surface area (Å²) < 4.78 is 13.8. The molecule has 1 amide bonds. The fraction of sp³-hybridized carbons (Fsp3) is 0.375. The Hall–Kier alpha value is -1.21. The number of carbonyl (C=O) groups excluding carboxylic acids is 1. The Morgan fingerprint density at radius 3 is 2.54 bits per heavy atom. The van der Waals surface area contributed by atoms with Crippen LogP contribution in [-0.2, 0) is 0 Å². The number of fused-ring (bicyclic) bond motifs is 1. The first kappa shape index (κ1) is 19.1. The SMILES string of the molecule is Cl.Cl.O=C(c1cnc(-c2ccccc2F)s1)N1C[C@H]2CNC[C@H]2C1. The normalized spacial score (nSPS) is 21.8. The summed E-state index contributed by atoms with van der Waals surface area (Å²) in [6, 6.07) is 6.52. The van der Waals surface area contributed by atoms with Gasteiger partial charge in [0, 0.05) is 31.7 Å². The van der Waals surface area contributed by atoms with E-state index in [2.05, 4.69) is 10.3 Å². The van der Waals surface area contributed by atoms with Crippen LogP contribution in [0.25, 0.3) is 10.6 Å². The molecule has 8 heteroatoms. The van der Waals surface area contributed by atoms with Crippen LogP contribution in [0.5, 0.6) is 0 Å². The molecule has 2 aromatic rings. The Morgan fingerprint density at radius 2 is 1.88 bits per heavy atom. The van der Waals surface area contributed by atoms with E-state index in [9.17, 15) is 9.18 Å². The van der Waals surface area contributed by atoms with E-state index in [0.717, 1.165) is 26.2 Å². The molecule has 24 heavy (non-hydrogen) atoms. The van der Waals surface area contributed by atoms with E-state index in [1.165, 1.54) is 17.4 Å². The van der Waals surface area contributed by atoms with Crippen LogP contribution < -0.4 is 5.32 Å². The number of aromatic nitrogens is 1. The zero-order chi connectivity index (χ0) is 15.1. The predicted molar refractivity (Wildman–Crippen MR) is 97.8 cm³/mol. The van der Waals surface area contributed by atoms with Crippen molar-refractivity contribution in [1.29, 1.82) is 0 Å². The lowest BCUT2D eigenvalue weighted by atomic mass is 10.0. The van der Waals surface area contributed by atoms with Crippen molar-refractivity contribution < 1.29 is 9.18 Å². The molecular weight excluding hydrogens is 372 g/mol. The lowest BCUT2D eigenvalue weighted by Gasteiger charge is -2.15. The average Bonchev–Trinajstić information content (AvgIpc) is 3.22. The van der Waals surface area contributed by atoms with Gasteiger partial charge in [0.25, 0.3) is 5.91 Å². The topological polar surface area (TPSA) is 45.2 Å². The van der Waals surface area contributed by atoms with Gasteiger partial charge in [-0.25, -0.2) is 9.37 Å². The summed E-state index contributed by atoms with van der Waals surface area (Å²) >= 11 is 1.27. The zero-order valence-corrected chi connectivity index (χ0v) is 15.2. The molecule has 2 aliphatic rings. The van der Waals surface area contributed by atoms with Gasteiger partial charge in [-0.2, -0.15) is 0 Å². The second-order valence-corrected chi connectivity index (χ2v) is 6.93. The molecule has 2 atom stereocenters. The largest absolute Gasteiger partial charge is 0.337 e. The standard InChI is InChI=1S/C16H16FN3OS.2ClH/c17-13-4-2-1-3-12(13)15-19-7-14(22-15)16(21)20-8-10-5-18-6-11(10)9-20;;/h1-4,7,10-11,18H,5-6,8-9H2;2*1H/t10-,11+;;. The molecule has 0 radical (unpaired) electrons. The third-order valence-corrected chi connectivity index (χ3v) is 5.52. The maximum absolute atomic E-state index is 13.8. The summed E-state index contributed by atoms with van der Waals surface area (Å²) in [4.78, 5) is 19.3. The number of nitrogens with zero attached hydrogens (tertiary/aromatic N) is 2. The molecule has 1 N–H and O–H groups in total. The van der Waals surface area contributed by atoms with Gasteiger partial charge in [-0.3, -0.25) is 4.79 Å². The van der Waals surface area contributed by atoms with Gasteiger partial charge in [-0.15, -0.1) is 36.2 Å². The zero-order valence-electron chi connectivity index (χ0n) is 12.8. The van der Waals surface area contributed by atoms with Gasteiger partial charge in [0.2, 0.25) is 0 Å². The molecule has 0 spiro atoms. The third-order valence-electron chi connectivity index (χ3n) is 4.50. The number of halogens is 3. The van der Waals surface area contributed by atoms with Crippen LogP contribution in [0.3, 0.4) is 0 Å². The van der Waals surface area contributed by atoms with Gasteiger partial charge >= 0.3 is 0 Å². The van der Waals surface area contributed by atoms with Crippen molar-refractivity contribution in [3.05, 3.63) is 41.2 Å². The van der Waals surface area contributed by atoms with Crippen molar-refractivity contribution in [2.75, 3.05) is 26.2 Å². The molecule has 2 aliphatic heterocycles. The highest BCUT2D eigenvalue weighted by Gasteiger charge is 2.38. The van der Waals surface area contributed by atoms with Crippen molar-refractivity contribution in [1.82, 2.24) is 15.2 Å². The molecule has 130 valence electrons. The van der Waals surface area contributed by atoms with Gasteiger partial charge in [0.15, 0.2) is 0 Å². The molecular formula is C16H18Cl2FN3OS. The second-order valence-electron chi connectivity index (χ2n) is 5.90. The molecule has 1 aromatic carbocycles. The highest BCUT2D eigenvalue weighted by atomic mass is 35.5. The Morgan fingerprint density at radius 1 is 1.21 bits per heavy atom. The quantitative estimate of drug-likeness (QED) is 0.857. The number of likely N-dealkylation sites (tertiary alicyclic amines) is 1. The highest BCUT2D eigenvalue weighted by molar-refractivity contribution is 7.16. The Labute approximate surface area is 156 Å². The minimum absolute atomic E-state index is 0. The molecule has 4 rings (SSSR count). The molecule has 2 saturated heterocycles. The maximum atomic E-state index is 13.8. The van der Waals surface area contributed by atoms with Crippen molar-refractivity contribution in [3.8, 4) is 10.6 Å². The first-order valence-corrected chi connectivity index (χ1v) is 8.25. The molecule has 0 unspecified atom stereocenters. The van der Waals surface area contributed by atoms with Gasteiger partial charge in [-0.05, 0) is 24.0 Å². The summed E-state index contributed by atoms with van der Waals surface area (Å²) in [6.07, 6.45) is 1.57. The van der Waals surface area contributed by atoms with E-state index in [0.29, 0.717) is 27.3 Å². The second kappa shape index (κ2) is 7.78. The minimum Gasteiger partial charge on any atom is -0.337 e. The van der Waals surface area contributed by atoms with Crippen LogP contribution in [0, 0.1) is 17.7 Å². The predicted octanol–water partition coefficient (Wildman–Crippen LogP) is 3.08. The summed E-state index contributed by atoms with van der Waals surface area (Å²) in [5.74, 6) is 0.859. The molecule has 3 heterocycles. The van der Waals surface area contributed by atoms with Gasteiger partial charge < -0.3 is 10.2 Å². The maximum Gasteiger partial charge on any atom is 0.265 e. The number of hydrogen-bond acceptors (Lipinski definition) is 4. The number of benzene rings is 1. The number of rotatable bonds is 2. The van der Waals surface area contributed by atoms with Crippen molar-refractivity contribution in [2.24, 2.45) is 11.8 Å². The van der Waals surface area contributed by atoms with E-state index >= 15 is 0 Å². The Kier molecular flexibility index (Phi) is 6.20. The number of thiazole rings is 1. The van der Waals surface area contributed by atoms with E-state index in [4.69, 9.17) is 0 Å². The smallest absolute Gasteiger partial charge is 0.265 e. The van der Waals surface area contributed by atoms with Crippen molar-refractivity contribution in [2.45, 2.75) is 0 Å². The Bertz CT molecular complexity index is 715. The minimum atomic E-state index is -0.308. The van der Waals surface area contributed by atoms with Crippen LogP contribution in [0.2, 0.25) is 0 Å². The fourth-order valence-electron chi connectivity index (χ4n) is 3.31. The summed E-state index contributed by atoms with van der Waals surface area (Å²) in [5.41, 5.74) is 0.453. The third kappa shape index (κ3) is 3.42. The molecule has 2 fully saturated rings. The number of amides is 1. The molecule has 0 saturated carbocycles. The average molecular weight is 390 g/mol. The molecule has 0 bridgehead atoms. The van der Waals surface area contributed by atoms with Gasteiger partial charge in [-0.1, -0.05) is 12.1 Å². The highest BCUT2D eigenvalue weighted by Crippen LogP contribution is 2.31. The summed E-state index contributed by atoms with van der Waals surface area (Å²) in [6.45, 7) is 3.61. The molecule has 1 aromatic heterocycles. The van der Waals surface area contributed by atoms with E-state index in [1.54, 1.807) is 24.4 Å². The van der Waals surface area contributed by atoms with Crippen molar-refractivity contribution >= 4 is 42.1 Å². The van der Waals surface area contributed by atoms with Gasteiger partial charge in [0.05, 0.1) is 6.20 Å². The van der Waals surface area contributed by atoms with Crippen LogP contribution in [0.4, 0.5) is 4.39 Å². The first-order valence-electron chi connectivity index (χ1n) is 7.43.